The Morgan fingerprint density at radius 1 is 0.485 bits per heavy atom. The number of ether oxygens (including phenoxy) is 4. The van der Waals surface area contributed by atoms with Crippen LogP contribution in [0.4, 0.5) is 0 Å². The standard InChI is InChI=1S/C23H30N6O4/c24-9-1-7-23(8-2-10-25,21(32-17-5-13-28)19-30-15-3-11-26)22(33-18-6-14-29)20-31-16-4-12-27/h21-22H,1-8,15-20H2. The molecule has 0 N–H and O–H groups in total. The number of nitriles is 6. The van der Waals surface area contributed by atoms with Gasteiger partial charge in [0.05, 0.1) is 114 Å². The minimum Gasteiger partial charge on any atom is -0.378 e. The predicted molar refractivity (Wildman–Crippen MR) is 114 cm³/mol. The second-order valence-corrected chi connectivity index (χ2v) is 7.05. The van der Waals surface area contributed by atoms with Crippen LogP contribution in [0.2, 0.25) is 0 Å². The molecule has 0 fully saturated rings. The third kappa shape index (κ3) is 12.4. The van der Waals surface area contributed by atoms with E-state index in [0.717, 1.165) is 0 Å². The van der Waals surface area contributed by atoms with E-state index in [1.165, 1.54) is 0 Å². The Bertz CT molecular complexity index is 712. The zero-order valence-electron chi connectivity index (χ0n) is 18.9. The molecule has 0 spiro atoms. The van der Waals surface area contributed by atoms with Gasteiger partial charge in [-0.2, -0.15) is 31.6 Å². The van der Waals surface area contributed by atoms with Gasteiger partial charge in [0, 0.05) is 18.3 Å². The van der Waals surface area contributed by atoms with Gasteiger partial charge in [-0.25, -0.2) is 0 Å². The molecule has 176 valence electrons. The molecular formula is C23H30N6O4. The first-order valence-corrected chi connectivity index (χ1v) is 10.8. The Morgan fingerprint density at radius 2 is 0.818 bits per heavy atom. The van der Waals surface area contributed by atoms with Crippen LogP contribution < -0.4 is 0 Å². The molecule has 0 aliphatic rings. The SMILES string of the molecule is N#CCCOCC(OCCC#N)C(CCC#N)(CCC#N)C(COCCC#N)OCCC#N. The van der Waals surface area contributed by atoms with E-state index in [4.69, 9.17) is 40.0 Å². The van der Waals surface area contributed by atoms with E-state index < -0.39 is 17.6 Å². The lowest BCUT2D eigenvalue weighted by molar-refractivity contribution is -0.169. The highest BCUT2D eigenvalue weighted by molar-refractivity contribution is 4.99. The van der Waals surface area contributed by atoms with Crippen LogP contribution in [0.1, 0.15) is 51.4 Å². The quantitative estimate of drug-likeness (QED) is 0.248. The van der Waals surface area contributed by atoms with Gasteiger partial charge in [-0.05, 0) is 12.8 Å². The first-order chi connectivity index (χ1) is 16.2. The van der Waals surface area contributed by atoms with Gasteiger partial charge >= 0.3 is 0 Å². The molecule has 0 bridgehead atoms. The summed E-state index contributed by atoms with van der Waals surface area (Å²) in [5, 5.41) is 54.1. The number of hydrogen-bond donors (Lipinski definition) is 0. The molecule has 0 saturated heterocycles. The minimum absolute atomic E-state index is 0.0697. The number of rotatable bonds is 20. The summed E-state index contributed by atoms with van der Waals surface area (Å²) in [6.07, 6.45) is 0.263. The van der Waals surface area contributed by atoms with Crippen LogP contribution in [-0.2, 0) is 18.9 Å². The van der Waals surface area contributed by atoms with Crippen molar-refractivity contribution in [3.05, 3.63) is 0 Å². The highest BCUT2D eigenvalue weighted by Crippen LogP contribution is 2.41. The Labute approximate surface area is 196 Å². The van der Waals surface area contributed by atoms with Crippen molar-refractivity contribution in [1.29, 1.82) is 31.6 Å². The zero-order valence-corrected chi connectivity index (χ0v) is 18.9. The summed E-state index contributed by atoms with van der Waals surface area (Å²) in [7, 11) is 0. The van der Waals surface area contributed by atoms with Crippen LogP contribution in [0, 0.1) is 73.4 Å². The molecule has 0 aliphatic carbocycles. The summed E-state index contributed by atoms with van der Waals surface area (Å²) in [4.78, 5) is 0. The molecule has 0 aromatic heterocycles. The van der Waals surface area contributed by atoms with Gasteiger partial charge in [-0.3, -0.25) is 0 Å². The second kappa shape index (κ2) is 20.7. The first kappa shape index (κ1) is 29.8. The highest BCUT2D eigenvalue weighted by Gasteiger charge is 2.46. The summed E-state index contributed by atoms with van der Waals surface area (Å²) in [6, 6.07) is 12.3. The van der Waals surface area contributed by atoms with E-state index in [1.807, 2.05) is 24.3 Å². The summed E-state index contributed by atoms with van der Waals surface area (Å²) < 4.78 is 23.4. The van der Waals surface area contributed by atoms with Gasteiger partial charge in [0.25, 0.3) is 0 Å². The van der Waals surface area contributed by atoms with Crippen molar-refractivity contribution in [1.82, 2.24) is 0 Å². The molecule has 0 aromatic carbocycles. The van der Waals surface area contributed by atoms with E-state index in [1.54, 1.807) is 0 Å². The summed E-state index contributed by atoms with van der Waals surface area (Å²) in [5.41, 5.74) is -0.893. The minimum atomic E-state index is -0.893. The highest BCUT2D eigenvalue weighted by atomic mass is 16.5. The van der Waals surface area contributed by atoms with Crippen LogP contribution in [0.5, 0.6) is 0 Å². The molecule has 0 heterocycles. The van der Waals surface area contributed by atoms with Crippen molar-refractivity contribution in [3.8, 4) is 36.4 Å². The normalized spacial score (nSPS) is 12.2. The Balaban J connectivity index is 6.12. The van der Waals surface area contributed by atoms with Crippen LogP contribution in [0.25, 0.3) is 0 Å². The fourth-order valence-electron chi connectivity index (χ4n) is 3.42. The molecule has 0 saturated carbocycles. The van der Waals surface area contributed by atoms with Gasteiger partial charge in [0.15, 0.2) is 0 Å². The molecule has 2 unspecified atom stereocenters. The fourth-order valence-corrected chi connectivity index (χ4v) is 3.42. The molecule has 0 rings (SSSR count). The van der Waals surface area contributed by atoms with Crippen molar-refractivity contribution < 1.29 is 18.9 Å². The molecule has 0 aromatic rings. The second-order valence-electron chi connectivity index (χ2n) is 7.05. The number of nitrogens with zero attached hydrogens (tertiary/aromatic N) is 6. The third-order valence-corrected chi connectivity index (χ3v) is 5.01. The topological polar surface area (TPSA) is 180 Å². The van der Waals surface area contributed by atoms with Gasteiger partial charge in [0.2, 0.25) is 0 Å². The van der Waals surface area contributed by atoms with Crippen molar-refractivity contribution in [2.45, 2.75) is 63.6 Å². The maximum Gasteiger partial charge on any atom is 0.0891 e. The first-order valence-electron chi connectivity index (χ1n) is 10.8. The smallest absolute Gasteiger partial charge is 0.0891 e. The van der Waals surface area contributed by atoms with Crippen LogP contribution in [-0.4, -0.2) is 51.8 Å². The van der Waals surface area contributed by atoms with E-state index in [9.17, 15) is 10.5 Å². The van der Waals surface area contributed by atoms with E-state index >= 15 is 0 Å². The average Bonchev–Trinajstić information content (AvgIpc) is 2.83. The maximum absolute atomic E-state index is 9.32. The van der Waals surface area contributed by atoms with Gasteiger partial charge in [-0.1, -0.05) is 0 Å². The molecule has 10 nitrogen and oxygen atoms in total. The monoisotopic (exact) mass is 454 g/mol. The maximum atomic E-state index is 9.32. The fraction of sp³-hybridized carbons (Fsp3) is 0.739. The van der Waals surface area contributed by atoms with Crippen molar-refractivity contribution in [3.63, 3.8) is 0 Å². The third-order valence-electron chi connectivity index (χ3n) is 5.01. The Morgan fingerprint density at radius 3 is 1.15 bits per heavy atom. The summed E-state index contributed by atoms with van der Waals surface area (Å²) in [6.45, 7) is 0.730. The molecular weight excluding hydrogens is 424 g/mol. The van der Waals surface area contributed by atoms with Crippen molar-refractivity contribution >= 4 is 0 Å². The van der Waals surface area contributed by atoms with E-state index in [0.29, 0.717) is 12.8 Å². The molecule has 2 atom stereocenters. The van der Waals surface area contributed by atoms with E-state index in [-0.39, 0.29) is 78.2 Å². The van der Waals surface area contributed by atoms with Gasteiger partial charge in [0.1, 0.15) is 0 Å². The molecule has 0 aliphatic heterocycles. The van der Waals surface area contributed by atoms with E-state index in [2.05, 4.69) is 12.1 Å². The lowest BCUT2D eigenvalue weighted by atomic mass is 9.70. The summed E-state index contributed by atoms with van der Waals surface area (Å²) >= 11 is 0. The van der Waals surface area contributed by atoms with Crippen LogP contribution in [0.15, 0.2) is 0 Å². The lowest BCUT2D eigenvalue weighted by Gasteiger charge is -2.45. The van der Waals surface area contributed by atoms with Crippen LogP contribution in [0.3, 0.4) is 0 Å². The Hall–Kier alpha value is -3.22. The van der Waals surface area contributed by atoms with Crippen molar-refractivity contribution in [2.24, 2.45) is 5.41 Å². The lowest BCUT2D eigenvalue weighted by Crippen LogP contribution is -2.52. The molecule has 0 radical (unpaired) electrons. The molecule has 0 amide bonds. The van der Waals surface area contributed by atoms with Crippen molar-refractivity contribution in [2.75, 3.05) is 39.6 Å². The summed E-state index contributed by atoms with van der Waals surface area (Å²) in [5.74, 6) is 0. The Kier molecular flexibility index (Phi) is 18.7. The predicted octanol–water partition coefficient (Wildman–Crippen LogP) is 3.04. The number of hydrogen-bond acceptors (Lipinski definition) is 10. The largest absolute Gasteiger partial charge is 0.378 e. The average molecular weight is 455 g/mol. The zero-order chi connectivity index (χ0) is 24.6. The van der Waals surface area contributed by atoms with Crippen LogP contribution >= 0.6 is 0 Å². The molecule has 10 heteroatoms. The van der Waals surface area contributed by atoms with Gasteiger partial charge < -0.3 is 18.9 Å². The molecule has 33 heavy (non-hydrogen) atoms. The van der Waals surface area contributed by atoms with Gasteiger partial charge in [-0.15, -0.1) is 0 Å².